The third-order valence-corrected chi connectivity index (χ3v) is 4.98. The number of aryl methyl sites for hydroxylation is 1. The molecule has 1 atom stereocenters. The summed E-state index contributed by atoms with van der Waals surface area (Å²) in [7, 11) is -1.17. The van der Waals surface area contributed by atoms with Gasteiger partial charge in [0.1, 0.15) is 0 Å². The van der Waals surface area contributed by atoms with Crippen LogP contribution in [-0.4, -0.2) is 15.7 Å². The van der Waals surface area contributed by atoms with Gasteiger partial charge in [-0.05, 0) is 37.6 Å². The monoisotopic (exact) mass is 353 g/mol. The van der Waals surface area contributed by atoms with Crippen molar-refractivity contribution in [3.8, 4) is 0 Å². The van der Waals surface area contributed by atoms with E-state index in [0.717, 1.165) is 12.1 Å². The Bertz CT molecular complexity index is 797. The number of hydrogen-bond acceptors (Lipinski definition) is 2. The van der Waals surface area contributed by atoms with Crippen LogP contribution in [0.1, 0.15) is 30.5 Å². The number of halogens is 3. The van der Waals surface area contributed by atoms with Crippen LogP contribution in [0.15, 0.2) is 52.4 Å². The molecule has 0 saturated heterocycles. The molecular weight excluding hydrogens is 335 g/mol. The molecule has 0 amide bonds. The van der Waals surface area contributed by atoms with Gasteiger partial charge in [0.15, 0.2) is 0 Å². The molecule has 0 heterocycles. The van der Waals surface area contributed by atoms with E-state index >= 15 is 0 Å². The van der Waals surface area contributed by atoms with Gasteiger partial charge in [0.05, 0.1) is 22.1 Å². The van der Waals surface area contributed by atoms with Crippen LogP contribution >= 0.6 is 0 Å². The molecule has 1 unspecified atom stereocenters. The summed E-state index contributed by atoms with van der Waals surface area (Å²) in [5, 5.41) is 0. The third-order valence-electron chi connectivity index (χ3n) is 3.61. The number of benzene rings is 2. The zero-order valence-corrected chi connectivity index (χ0v) is 14.5. The predicted octanol–water partition coefficient (Wildman–Crippen LogP) is 5.28. The van der Waals surface area contributed by atoms with Gasteiger partial charge < -0.3 is 0 Å². The minimum absolute atomic E-state index is 0.263. The summed E-state index contributed by atoms with van der Waals surface area (Å²) in [6, 6.07) is 10.6. The van der Waals surface area contributed by atoms with Crippen LogP contribution in [0.4, 0.5) is 18.9 Å². The van der Waals surface area contributed by atoms with Crippen LogP contribution in [0, 0.1) is 6.92 Å². The standard InChI is InChI=1S/C18H18F3NOS/c1-4-24(23)17-8-6-5-7-15(17)13(3)22-16-11-14(18(19,20)21)10-9-12(16)2/h5-11H,4H2,1-3H3. The Morgan fingerprint density at radius 1 is 1.17 bits per heavy atom. The molecule has 0 N–H and O–H groups in total. The molecule has 6 heteroatoms. The van der Waals surface area contributed by atoms with Crippen LogP contribution in [0.5, 0.6) is 0 Å². The molecule has 2 nitrogen and oxygen atoms in total. The van der Waals surface area contributed by atoms with Crippen molar-refractivity contribution < 1.29 is 17.4 Å². The first-order chi connectivity index (χ1) is 11.2. The Morgan fingerprint density at radius 2 is 1.83 bits per heavy atom. The van der Waals surface area contributed by atoms with E-state index in [1.54, 1.807) is 38.1 Å². The molecule has 2 aromatic rings. The maximum atomic E-state index is 12.9. The van der Waals surface area contributed by atoms with Gasteiger partial charge in [-0.2, -0.15) is 13.2 Å². The Morgan fingerprint density at radius 3 is 2.46 bits per heavy atom. The molecule has 0 aliphatic carbocycles. The van der Waals surface area contributed by atoms with Crippen molar-refractivity contribution in [1.29, 1.82) is 0 Å². The summed E-state index contributed by atoms with van der Waals surface area (Å²) >= 11 is 0. The molecule has 0 bridgehead atoms. The maximum Gasteiger partial charge on any atom is 0.416 e. The fourth-order valence-corrected chi connectivity index (χ4v) is 3.27. The van der Waals surface area contributed by atoms with E-state index in [0.29, 0.717) is 27.5 Å². The molecule has 128 valence electrons. The zero-order valence-electron chi connectivity index (χ0n) is 13.6. The van der Waals surface area contributed by atoms with Gasteiger partial charge >= 0.3 is 6.18 Å². The maximum absolute atomic E-state index is 12.9. The highest BCUT2D eigenvalue weighted by molar-refractivity contribution is 7.85. The van der Waals surface area contributed by atoms with E-state index in [1.165, 1.54) is 6.07 Å². The number of aliphatic imine (C=N–C) groups is 1. The summed E-state index contributed by atoms with van der Waals surface area (Å²) < 4.78 is 50.8. The Kier molecular flexibility index (Phi) is 5.59. The average Bonchev–Trinajstić information content (AvgIpc) is 2.55. The minimum atomic E-state index is -4.41. The van der Waals surface area contributed by atoms with Gasteiger partial charge in [0.25, 0.3) is 0 Å². The Balaban J connectivity index is 2.51. The average molecular weight is 353 g/mol. The lowest BCUT2D eigenvalue weighted by Crippen LogP contribution is -2.06. The molecule has 0 fully saturated rings. The molecule has 2 rings (SSSR count). The largest absolute Gasteiger partial charge is 0.416 e. The summed E-state index contributed by atoms with van der Waals surface area (Å²) in [6.07, 6.45) is -4.41. The Hall–Kier alpha value is -1.95. The van der Waals surface area contributed by atoms with E-state index in [1.807, 2.05) is 6.92 Å². The van der Waals surface area contributed by atoms with Crippen LogP contribution in [0.2, 0.25) is 0 Å². The molecule has 0 saturated carbocycles. The van der Waals surface area contributed by atoms with Crippen LogP contribution < -0.4 is 0 Å². The lowest BCUT2D eigenvalue weighted by atomic mass is 10.1. The van der Waals surface area contributed by atoms with Gasteiger partial charge in [-0.25, -0.2) is 0 Å². The van der Waals surface area contributed by atoms with Crippen molar-refractivity contribution in [1.82, 2.24) is 0 Å². The molecule has 24 heavy (non-hydrogen) atoms. The predicted molar refractivity (Wildman–Crippen MR) is 91.4 cm³/mol. The molecule has 0 spiro atoms. The second kappa shape index (κ2) is 7.30. The van der Waals surface area contributed by atoms with E-state index in [9.17, 15) is 17.4 Å². The van der Waals surface area contributed by atoms with Crippen LogP contribution in [-0.2, 0) is 17.0 Å². The lowest BCUT2D eigenvalue weighted by Gasteiger charge is -2.11. The fraction of sp³-hybridized carbons (Fsp3) is 0.278. The van der Waals surface area contributed by atoms with Gasteiger partial charge in [-0.3, -0.25) is 9.20 Å². The van der Waals surface area contributed by atoms with Crippen molar-refractivity contribution in [2.45, 2.75) is 31.8 Å². The lowest BCUT2D eigenvalue weighted by molar-refractivity contribution is -0.137. The Labute approximate surface area is 141 Å². The molecular formula is C18H18F3NOS. The fourth-order valence-electron chi connectivity index (χ4n) is 2.27. The highest BCUT2D eigenvalue weighted by Crippen LogP contribution is 2.33. The minimum Gasteiger partial charge on any atom is -0.254 e. The van der Waals surface area contributed by atoms with Crippen molar-refractivity contribution >= 4 is 22.2 Å². The number of nitrogens with zero attached hydrogens (tertiary/aromatic N) is 1. The van der Waals surface area contributed by atoms with Crippen molar-refractivity contribution in [2.24, 2.45) is 4.99 Å². The summed E-state index contributed by atoms with van der Waals surface area (Å²) in [4.78, 5) is 5.01. The van der Waals surface area contributed by atoms with Crippen LogP contribution in [0.3, 0.4) is 0 Å². The highest BCUT2D eigenvalue weighted by atomic mass is 32.2. The van der Waals surface area contributed by atoms with Gasteiger partial charge in [0.2, 0.25) is 0 Å². The quantitative estimate of drug-likeness (QED) is 0.688. The van der Waals surface area contributed by atoms with Crippen molar-refractivity contribution in [2.75, 3.05) is 5.75 Å². The molecule has 0 radical (unpaired) electrons. The van der Waals surface area contributed by atoms with Crippen LogP contribution in [0.25, 0.3) is 0 Å². The van der Waals surface area contributed by atoms with Crippen molar-refractivity contribution in [3.05, 3.63) is 59.2 Å². The first-order valence-electron chi connectivity index (χ1n) is 7.45. The summed E-state index contributed by atoms with van der Waals surface area (Å²) in [5.74, 6) is 0.465. The topological polar surface area (TPSA) is 29.4 Å². The van der Waals surface area contributed by atoms with Gasteiger partial charge in [-0.15, -0.1) is 0 Å². The first kappa shape index (κ1) is 18.4. The van der Waals surface area contributed by atoms with E-state index < -0.39 is 22.5 Å². The number of rotatable bonds is 4. The van der Waals surface area contributed by atoms with E-state index in [4.69, 9.17) is 0 Å². The third kappa shape index (κ3) is 4.12. The number of alkyl halides is 3. The smallest absolute Gasteiger partial charge is 0.254 e. The normalized spacial score (nSPS) is 13.8. The zero-order chi connectivity index (χ0) is 17.9. The SMILES string of the molecule is CCS(=O)c1ccccc1C(C)=Nc1cc(C(F)(F)F)ccc1C. The molecule has 0 aliphatic heterocycles. The first-order valence-corrected chi connectivity index (χ1v) is 8.77. The van der Waals surface area contributed by atoms with E-state index in [2.05, 4.69) is 4.99 Å². The highest BCUT2D eigenvalue weighted by Gasteiger charge is 2.30. The van der Waals surface area contributed by atoms with E-state index in [-0.39, 0.29) is 5.69 Å². The number of hydrogen-bond donors (Lipinski definition) is 0. The summed E-state index contributed by atoms with van der Waals surface area (Å²) in [5.41, 5.74) is 1.41. The van der Waals surface area contributed by atoms with Crippen molar-refractivity contribution in [3.63, 3.8) is 0 Å². The molecule has 0 aliphatic rings. The van der Waals surface area contributed by atoms with Gasteiger partial charge in [0, 0.05) is 21.9 Å². The molecule has 0 aromatic heterocycles. The molecule has 2 aromatic carbocycles. The summed E-state index contributed by atoms with van der Waals surface area (Å²) in [6.45, 7) is 5.24. The van der Waals surface area contributed by atoms with Gasteiger partial charge in [-0.1, -0.05) is 31.2 Å². The second-order valence-electron chi connectivity index (χ2n) is 5.33. The second-order valence-corrected chi connectivity index (χ2v) is 7.03.